The van der Waals surface area contributed by atoms with Crippen molar-refractivity contribution in [2.45, 2.75) is 25.9 Å². The van der Waals surface area contributed by atoms with E-state index < -0.39 is 0 Å². The van der Waals surface area contributed by atoms with Crippen molar-refractivity contribution in [3.63, 3.8) is 0 Å². The van der Waals surface area contributed by atoms with Gasteiger partial charge in [-0.05, 0) is 25.7 Å². The van der Waals surface area contributed by atoms with Crippen molar-refractivity contribution in [1.29, 1.82) is 0 Å². The van der Waals surface area contributed by atoms with Crippen molar-refractivity contribution in [3.8, 4) is 0 Å². The van der Waals surface area contributed by atoms with Crippen molar-refractivity contribution < 1.29 is 15.2 Å². The highest BCUT2D eigenvalue weighted by atomic mass is 16.5. The van der Waals surface area contributed by atoms with Crippen LogP contribution in [0.25, 0.3) is 0 Å². The molecule has 3 nitrogen and oxygen atoms in total. The molecule has 15 heavy (non-hydrogen) atoms. The Bertz CT molecular complexity index is 240. The number of aliphatic hydroxyl groups is 1. The van der Waals surface area contributed by atoms with Crippen LogP contribution in [-0.2, 0) is 4.74 Å². The van der Waals surface area contributed by atoms with Gasteiger partial charge in [-0.1, -0.05) is 11.6 Å². The van der Waals surface area contributed by atoms with Gasteiger partial charge in [0, 0.05) is 5.92 Å². The number of quaternary nitrogens is 1. The molecule has 0 aromatic heterocycles. The predicted octanol–water partition coefficient (Wildman–Crippen LogP) is -0.0866. The molecule has 1 heterocycles. The second-order valence-corrected chi connectivity index (χ2v) is 4.80. The van der Waals surface area contributed by atoms with Gasteiger partial charge in [0.25, 0.3) is 0 Å². The standard InChI is InChI=1S/C12H21NO2/c1-9-2-3-10-6-11(9)12(15-8-10)7-13-4-5-14/h2,10-14H,3-8H2,1H3/p+1/t10-,11-,12-/m0/s1. The zero-order chi connectivity index (χ0) is 10.7. The molecule has 0 spiro atoms. The van der Waals surface area contributed by atoms with Crippen molar-refractivity contribution in [2.75, 3.05) is 26.3 Å². The molecule has 2 aliphatic rings. The number of hydrogen-bond acceptors (Lipinski definition) is 2. The number of ether oxygens (including phenoxy) is 1. The SMILES string of the molecule is CC1=CC[C@@H]2CO[C@@H](C[NH2+]CCO)[C@H]1C2. The van der Waals surface area contributed by atoms with Crippen LogP contribution in [0.3, 0.4) is 0 Å². The summed E-state index contributed by atoms with van der Waals surface area (Å²) in [4.78, 5) is 0. The summed E-state index contributed by atoms with van der Waals surface area (Å²) in [5, 5.41) is 10.9. The lowest BCUT2D eigenvalue weighted by molar-refractivity contribution is -0.664. The first kappa shape index (κ1) is 11.1. The molecule has 3 heteroatoms. The Hall–Kier alpha value is -0.380. The summed E-state index contributed by atoms with van der Waals surface area (Å²) >= 11 is 0. The van der Waals surface area contributed by atoms with E-state index in [1.807, 2.05) is 0 Å². The van der Waals surface area contributed by atoms with Crippen LogP contribution in [0.1, 0.15) is 19.8 Å². The van der Waals surface area contributed by atoms with Crippen LogP contribution in [0.5, 0.6) is 0 Å². The third kappa shape index (κ3) is 2.60. The van der Waals surface area contributed by atoms with Crippen LogP contribution in [-0.4, -0.2) is 37.5 Å². The van der Waals surface area contributed by atoms with E-state index in [0.29, 0.717) is 12.0 Å². The summed E-state index contributed by atoms with van der Waals surface area (Å²) in [6, 6.07) is 0. The van der Waals surface area contributed by atoms with Gasteiger partial charge in [-0.2, -0.15) is 0 Å². The quantitative estimate of drug-likeness (QED) is 0.505. The zero-order valence-corrected chi connectivity index (χ0v) is 9.48. The highest BCUT2D eigenvalue weighted by Gasteiger charge is 2.35. The van der Waals surface area contributed by atoms with E-state index in [9.17, 15) is 0 Å². The fraction of sp³-hybridized carbons (Fsp3) is 0.833. The smallest absolute Gasteiger partial charge is 0.113 e. The molecule has 0 aromatic rings. The van der Waals surface area contributed by atoms with Crippen LogP contribution in [0, 0.1) is 11.8 Å². The van der Waals surface area contributed by atoms with Gasteiger partial charge in [0.1, 0.15) is 12.6 Å². The minimum Gasteiger partial charge on any atom is -0.391 e. The zero-order valence-electron chi connectivity index (χ0n) is 9.48. The maximum absolute atomic E-state index is 8.74. The first-order valence-corrected chi connectivity index (χ1v) is 6.02. The first-order chi connectivity index (χ1) is 7.31. The van der Waals surface area contributed by atoms with Crippen LogP contribution in [0.15, 0.2) is 11.6 Å². The molecular formula is C12H22NO2+. The van der Waals surface area contributed by atoms with Gasteiger partial charge in [0.15, 0.2) is 0 Å². The lowest BCUT2D eigenvalue weighted by Gasteiger charge is -2.39. The van der Waals surface area contributed by atoms with E-state index in [0.717, 1.165) is 25.6 Å². The molecule has 0 amide bonds. The lowest BCUT2D eigenvalue weighted by Crippen LogP contribution is -2.87. The van der Waals surface area contributed by atoms with Crippen molar-refractivity contribution in [1.82, 2.24) is 0 Å². The summed E-state index contributed by atoms with van der Waals surface area (Å²) in [5.41, 5.74) is 1.51. The van der Waals surface area contributed by atoms with E-state index in [1.165, 1.54) is 18.4 Å². The summed E-state index contributed by atoms with van der Waals surface area (Å²) in [6.45, 7) is 5.20. The van der Waals surface area contributed by atoms with E-state index in [1.54, 1.807) is 0 Å². The number of fused-ring (bicyclic) bond motifs is 2. The minimum absolute atomic E-state index is 0.259. The summed E-state index contributed by atoms with van der Waals surface area (Å²) < 4.78 is 5.91. The average Bonchev–Trinajstić information content (AvgIpc) is 2.26. The van der Waals surface area contributed by atoms with Crippen molar-refractivity contribution >= 4 is 0 Å². The number of hydrogen-bond donors (Lipinski definition) is 2. The largest absolute Gasteiger partial charge is 0.391 e. The van der Waals surface area contributed by atoms with E-state index >= 15 is 0 Å². The van der Waals surface area contributed by atoms with Crippen LogP contribution in [0.4, 0.5) is 0 Å². The molecule has 3 N–H and O–H groups in total. The molecular weight excluding hydrogens is 190 g/mol. The fourth-order valence-electron chi connectivity index (χ4n) is 2.71. The molecule has 86 valence electrons. The van der Waals surface area contributed by atoms with Crippen molar-refractivity contribution in [2.24, 2.45) is 11.8 Å². The molecule has 1 fully saturated rings. The number of aliphatic hydroxyl groups excluding tert-OH is 1. The van der Waals surface area contributed by atoms with Gasteiger partial charge in [-0.15, -0.1) is 0 Å². The first-order valence-electron chi connectivity index (χ1n) is 6.02. The van der Waals surface area contributed by atoms with Gasteiger partial charge in [0.2, 0.25) is 0 Å². The molecule has 1 aliphatic carbocycles. The molecule has 3 atom stereocenters. The maximum Gasteiger partial charge on any atom is 0.113 e. The Morgan fingerprint density at radius 1 is 1.60 bits per heavy atom. The van der Waals surface area contributed by atoms with Crippen LogP contribution < -0.4 is 5.32 Å². The molecule has 1 saturated heterocycles. The molecule has 0 saturated carbocycles. The lowest BCUT2D eigenvalue weighted by atomic mass is 9.77. The van der Waals surface area contributed by atoms with E-state index in [4.69, 9.17) is 9.84 Å². The Morgan fingerprint density at radius 3 is 3.27 bits per heavy atom. The number of rotatable bonds is 4. The van der Waals surface area contributed by atoms with Gasteiger partial charge >= 0.3 is 0 Å². The Kier molecular flexibility index (Phi) is 3.78. The topological polar surface area (TPSA) is 46.1 Å². The third-order valence-corrected chi connectivity index (χ3v) is 3.67. The van der Waals surface area contributed by atoms with Gasteiger partial charge in [-0.3, -0.25) is 0 Å². The van der Waals surface area contributed by atoms with Gasteiger partial charge in [0.05, 0.1) is 19.8 Å². The van der Waals surface area contributed by atoms with E-state index in [-0.39, 0.29) is 6.61 Å². The molecule has 2 bridgehead atoms. The highest BCUT2D eigenvalue weighted by molar-refractivity contribution is 5.12. The third-order valence-electron chi connectivity index (χ3n) is 3.67. The second-order valence-electron chi connectivity index (χ2n) is 4.80. The second kappa shape index (κ2) is 5.10. The van der Waals surface area contributed by atoms with E-state index in [2.05, 4.69) is 18.3 Å². The van der Waals surface area contributed by atoms with Crippen LogP contribution in [0.2, 0.25) is 0 Å². The molecule has 0 unspecified atom stereocenters. The van der Waals surface area contributed by atoms with Gasteiger partial charge in [-0.25, -0.2) is 0 Å². The Balaban J connectivity index is 1.89. The average molecular weight is 212 g/mol. The predicted molar refractivity (Wildman–Crippen MR) is 58.5 cm³/mol. The molecule has 0 aromatic carbocycles. The summed E-state index contributed by atoms with van der Waals surface area (Å²) in [6.07, 6.45) is 5.26. The van der Waals surface area contributed by atoms with Gasteiger partial charge < -0.3 is 15.2 Å². The van der Waals surface area contributed by atoms with Crippen LogP contribution >= 0.6 is 0 Å². The number of nitrogens with two attached hydrogens (primary N) is 1. The monoisotopic (exact) mass is 212 g/mol. The highest BCUT2D eigenvalue weighted by Crippen LogP contribution is 2.36. The summed E-state index contributed by atoms with van der Waals surface area (Å²) in [7, 11) is 0. The minimum atomic E-state index is 0.259. The normalized spacial score (nSPS) is 35.1. The maximum atomic E-state index is 8.74. The van der Waals surface area contributed by atoms with Crippen molar-refractivity contribution in [3.05, 3.63) is 11.6 Å². The fourth-order valence-corrected chi connectivity index (χ4v) is 2.71. The Labute approximate surface area is 91.5 Å². The molecule has 0 radical (unpaired) electrons. The molecule has 1 aliphatic heterocycles. The summed E-state index contributed by atoms with van der Waals surface area (Å²) in [5.74, 6) is 1.39. The molecule has 2 rings (SSSR count). The Morgan fingerprint density at radius 2 is 2.47 bits per heavy atom. The number of allylic oxidation sites excluding steroid dienone is 1.